The molecule has 0 saturated carbocycles. The van der Waals surface area contributed by atoms with E-state index in [1.54, 1.807) is 11.9 Å². The topological polar surface area (TPSA) is 83.8 Å². The normalized spacial score (nSPS) is 15.5. The molecule has 8 heteroatoms. The summed E-state index contributed by atoms with van der Waals surface area (Å²) in [4.78, 5) is 38.9. The number of non-ortho nitro benzene ring substituents is 1. The van der Waals surface area contributed by atoms with Crippen LogP contribution in [0, 0.1) is 21.4 Å². The van der Waals surface area contributed by atoms with Crippen molar-refractivity contribution in [3.05, 3.63) is 38.9 Å². The van der Waals surface area contributed by atoms with E-state index in [2.05, 4.69) is 0 Å². The summed E-state index contributed by atoms with van der Waals surface area (Å²) in [5.74, 6) is -0.0814. The Hall–Kier alpha value is -2.15. The lowest BCUT2D eigenvalue weighted by Crippen LogP contribution is -2.46. The van der Waals surface area contributed by atoms with E-state index in [1.807, 2.05) is 25.7 Å². The van der Waals surface area contributed by atoms with Crippen molar-refractivity contribution in [2.75, 3.05) is 20.1 Å². The molecule has 0 N–H and O–H groups in total. The summed E-state index contributed by atoms with van der Waals surface area (Å²) < 4.78 is 0. The highest BCUT2D eigenvalue weighted by Gasteiger charge is 2.33. The Bertz CT molecular complexity index is 737. The van der Waals surface area contributed by atoms with E-state index in [0.717, 1.165) is 0 Å². The Labute approximate surface area is 164 Å². The van der Waals surface area contributed by atoms with Crippen molar-refractivity contribution >= 4 is 29.1 Å². The average Bonchev–Trinajstić information content (AvgIpc) is 2.61. The molecule has 27 heavy (non-hydrogen) atoms. The van der Waals surface area contributed by atoms with Gasteiger partial charge in [0.15, 0.2) is 0 Å². The number of nitro benzene ring substituents is 1. The van der Waals surface area contributed by atoms with E-state index in [-0.39, 0.29) is 30.0 Å². The van der Waals surface area contributed by atoms with Crippen molar-refractivity contribution in [1.29, 1.82) is 0 Å². The van der Waals surface area contributed by atoms with Gasteiger partial charge in [-0.1, -0.05) is 32.4 Å². The molecule has 1 aromatic carbocycles. The number of carbonyl (C=O) groups is 2. The number of amides is 2. The molecule has 0 radical (unpaired) electrons. The van der Waals surface area contributed by atoms with Crippen LogP contribution in [-0.4, -0.2) is 46.7 Å². The zero-order valence-electron chi connectivity index (χ0n) is 16.2. The number of piperidine rings is 1. The maximum absolute atomic E-state index is 12.8. The second-order valence-corrected chi connectivity index (χ2v) is 8.45. The Morgan fingerprint density at radius 3 is 2.41 bits per heavy atom. The van der Waals surface area contributed by atoms with Gasteiger partial charge in [-0.15, -0.1) is 0 Å². The third-order valence-corrected chi connectivity index (χ3v) is 5.17. The Kier molecular flexibility index (Phi) is 6.46. The Balaban J connectivity index is 1.98. The summed E-state index contributed by atoms with van der Waals surface area (Å²) in [5.41, 5.74) is 0.0678. The van der Waals surface area contributed by atoms with Gasteiger partial charge in [0.1, 0.15) is 0 Å². The lowest BCUT2D eigenvalue weighted by molar-refractivity contribution is -0.384. The number of rotatable bonds is 4. The van der Waals surface area contributed by atoms with Gasteiger partial charge in [0.25, 0.3) is 5.69 Å². The van der Waals surface area contributed by atoms with E-state index < -0.39 is 10.3 Å². The zero-order valence-corrected chi connectivity index (χ0v) is 17.0. The molecule has 0 spiro atoms. The summed E-state index contributed by atoms with van der Waals surface area (Å²) in [6.45, 7) is 7.02. The van der Waals surface area contributed by atoms with Crippen molar-refractivity contribution in [3.63, 3.8) is 0 Å². The molecule has 1 aromatic rings. The minimum atomic E-state index is -0.483. The monoisotopic (exact) mass is 395 g/mol. The van der Waals surface area contributed by atoms with Gasteiger partial charge in [0.2, 0.25) is 11.8 Å². The molecule has 148 valence electrons. The molecular formula is C19H26ClN3O4. The maximum atomic E-state index is 12.8. The van der Waals surface area contributed by atoms with Crippen LogP contribution in [0.25, 0.3) is 0 Å². The van der Waals surface area contributed by atoms with Crippen molar-refractivity contribution in [3.8, 4) is 0 Å². The quantitative estimate of drug-likeness (QED) is 0.577. The van der Waals surface area contributed by atoms with Gasteiger partial charge in [0.05, 0.1) is 4.92 Å². The van der Waals surface area contributed by atoms with Gasteiger partial charge in [-0.3, -0.25) is 19.7 Å². The van der Waals surface area contributed by atoms with Crippen molar-refractivity contribution in [1.82, 2.24) is 9.80 Å². The third kappa shape index (κ3) is 5.19. The molecule has 2 rings (SSSR count). The SMILES string of the molecule is CN(Cc1cc([N+](=O)[O-])ccc1Cl)C(=O)C1CCN(C(=O)C(C)(C)C)CC1. The van der Waals surface area contributed by atoms with Crippen LogP contribution in [0.4, 0.5) is 5.69 Å². The minimum absolute atomic E-state index is 0.0274. The smallest absolute Gasteiger partial charge is 0.269 e. The second-order valence-electron chi connectivity index (χ2n) is 8.04. The number of benzene rings is 1. The number of nitro groups is 1. The number of hydrogen-bond acceptors (Lipinski definition) is 4. The Morgan fingerprint density at radius 2 is 1.89 bits per heavy atom. The highest BCUT2D eigenvalue weighted by Crippen LogP contribution is 2.27. The fourth-order valence-corrected chi connectivity index (χ4v) is 3.42. The van der Waals surface area contributed by atoms with E-state index in [1.165, 1.54) is 18.2 Å². The van der Waals surface area contributed by atoms with Crippen LogP contribution in [0.2, 0.25) is 5.02 Å². The lowest BCUT2D eigenvalue weighted by Gasteiger charge is -2.36. The molecule has 0 bridgehead atoms. The highest BCUT2D eigenvalue weighted by atomic mass is 35.5. The van der Waals surface area contributed by atoms with Crippen LogP contribution in [0.3, 0.4) is 0 Å². The van der Waals surface area contributed by atoms with Gasteiger partial charge >= 0.3 is 0 Å². The summed E-state index contributed by atoms with van der Waals surface area (Å²) >= 11 is 6.13. The van der Waals surface area contributed by atoms with E-state index in [4.69, 9.17) is 11.6 Å². The van der Waals surface area contributed by atoms with Crippen LogP contribution in [0.1, 0.15) is 39.2 Å². The first kappa shape index (κ1) is 21.2. The van der Waals surface area contributed by atoms with Crippen LogP contribution < -0.4 is 0 Å². The molecule has 7 nitrogen and oxygen atoms in total. The molecule has 0 atom stereocenters. The molecule has 1 aliphatic rings. The largest absolute Gasteiger partial charge is 0.342 e. The number of halogens is 1. The molecule has 1 saturated heterocycles. The zero-order chi connectivity index (χ0) is 20.4. The molecule has 0 aromatic heterocycles. The fraction of sp³-hybridized carbons (Fsp3) is 0.579. The summed E-state index contributed by atoms with van der Waals surface area (Å²) in [6.07, 6.45) is 1.24. The predicted molar refractivity (Wildman–Crippen MR) is 103 cm³/mol. The molecule has 0 unspecified atom stereocenters. The number of hydrogen-bond donors (Lipinski definition) is 0. The lowest BCUT2D eigenvalue weighted by atomic mass is 9.90. The van der Waals surface area contributed by atoms with Crippen molar-refractivity contribution in [2.24, 2.45) is 11.3 Å². The summed E-state index contributed by atoms with van der Waals surface area (Å²) in [7, 11) is 1.67. The van der Waals surface area contributed by atoms with Gasteiger partial charge in [-0.05, 0) is 24.5 Å². The van der Waals surface area contributed by atoms with Crippen LogP contribution in [0.15, 0.2) is 18.2 Å². The first-order valence-electron chi connectivity index (χ1n) is 8.98. The van der Waals surface area contributed by atoms with E-state index >= 15 is 0 Å². The van der Waals surface area contributed by atoms with Crippen LogP contribution in [-0.2, 0) is 16.1 Å². The van der Waals surface area contributed by atoms with E-state index in [0.29, 0.717) is 36.5 Å². The van der Waals surface area contributed by atoms with E-state index in [9.17, 15) is 19.7 Å². The van der Waals surface area contributed by atoms with Crippen LogP contribution in [0.5, 0.6) is 0 Å². The predicted octanol–water partition coefficient (Wildman–Crippen LogP) is 3.49. The average molecular weight is 396 g/mol. The first-order valence-corrected chi connectivity index (χ1v) is 9.35. The molecule has 2 amide bonds. The molecule has 0 aliphatic carbocycles. The fourth-order valence-electron chi connectivity index (χ4n) is 3.24. The van der Waals surface area contributed by atoms with Gasteiger partial charge in [-0.25, -0.2) is 0 Å². The molecular weight excluding hydrogens is 370 g/mol. The van der Waals surface area contributed by atoms with Crippen molar-refractivity contribution < 1.29 is 14.5 Å². The van der Waals surface area contributed by atoms with Gasteiger partial charge < -0.3 is 9.80 Å². The number of carbonyl (C=O) groups excluding carboxylic acids is 2. The first-order chi connectivity index (χ1) is 12.5. The Morgan fingerprint density at radius 1 is 1.30 bits per heavy atom. The summed E-state index contributed by atoms with van der Waals surface area (Å²) in [6, 6.07) is 4.22. The highest BCUT2D eigenvalue weighted by molar-refractivity contribution is 6.31. The number of nitrogens with zero attached hydrogens (tertiary/aromatic N) is 3. The van der Waals surface area contributed by atoms with Gasteiger partial charge in [-0.2, -0.15) is 0 Å². The maximum Gasteiger partial charge on any atom is 0.269 e. The van der Waals surface area contributed by atoms with Gasteiger partial charge in [0, 0.05) is 55.2 Å². The second kappa shape index (κ2) is 8.25. The third-order valence-electron chi connectivity index (χ3n) is 4.80. The standard InChI is InChI=1S/C19H26ClN3O4/c1-19(2,3)18(25)22-9-7-13(8-10-22)17(24)21(4)12-14-11-15(23(26)27)5-6-16(14)20/h5-6,11,13H,7-10,12H2,1-4H3. The summed E-state index contributed by atoms with van der Waals surface area (Å²) in [5, 5.41) is 11.3. The molecule has 1 aliphatic heterocycles. The molecule has 1 heterocycles. The van der Waals surface area contributed by atoms with Crippen LogP contribution >= 0.6 is 11.6 Å². The number of likely N-dealkylation sites (tertiary alicyclic amines) is 1. The molecule has 1 fully saturated rings. The van der Waals surface area contributed by atoms with Crippen molar-refractivity contribution in [2.45, 2.75) is 40.2 Å². The minimum Gasteiger partial charge on any atom is -0.342 e.